The maximum atomic E-state index is 5.78. The molecule has 1 N–H and O–H groups in total. The van der Waals surface area contributed by atoms with Crippen molar-refractivity contribution < 1.29 is 4.74 Å². The molecule has 1 saturated carbocycles. The van der Waals surface area contributed by atoms with Gasteiger partial charge in [-0.05, 0) is 58.0 Å². The second-order valence-electron chi connectivity index (χ2n) is 7.15. The average molecular weight is 282 g/mol. The van der Waals surface area contributed by atoms with Crippen LogP contribution in [0.2, 0.25) is 0 Å². The molecule has 2 fully saturated rings. The Labute approximate surface area is 125 Å². The Morgan fingerprint density at radius 3 is 2.50 bits per heavy atom. The Hall–Kier alpha value is -0.120. The number of likely N-dealkylation sites (N-methyl/N-ethyl adjacent to an activating group) is 2. The molecule has 118 valence electrons. The van der Waals surface area contributed by atoms with Crippen LogP contribution in [0.15, 0.2) is 0 Å². The van der Waals surface area contributed by atoms with Crippen LogP contribution in [0.3, 0.4) is 0 Å². The topological polar surface area (TPSA) is 24.5 Å². The van der Waals surface area contributed by atoms with Crippen molar-refractivity contribution in [1.82, 2.24) is 10.2 Å². The van der Waals surface area contributed by atoms with Crippen LogP contribution in [0.5, 0.6) is 0 Å². The average Bonchev–Trinajstić information content (AvgIpc) is 2.84. The van der Waals surface area contributed by atoms with E-state index in [-0.39, 0.29) is 0 Å². The van der Waals surface area contributed by atoms with Gasteiger partial charge in [0.05, 0.1) is 6.10 Å². The molecule has 0 radical (unpaired) electrons. The number of hydrogen-bond donors (Lipinski definition) is 1. The van der Waals surface area contributed by atoms with E-state index >= 15 is 0 Å². The molecule has 2 aliphatic rings. The highest BCUT2D eigenvalue weighted by atomic mass is 16.5. The summed E-state index contributed by atoms with van der Waals surface area (Å²) in [6.07, 6.45) is 5.64. The molecule has 0 aromatic rings. The Morgan fingerprint density at radius 1 is 1.20 bits per heavy atom. The van der Waals surface area contributed by atoms with Crippen LogP contribution in [0.1, 0.15) is 53.4 Å². The van der Waals surface area contributed by atoms with Crippen LogP contribution < -0.4 is 5.32 Å². The standard InChI is InChI=1S/C17H34N2O/c1-6-18-15-8-7-14(12(2)3)11-17(15)19(5)16-9-10-20-13(16)4/h12-18H,6-11H2,1-5H3. The van der Waals surface area contributed by atoms with E-state index in [2.05, 4.69) is 45.0 Å². The largest absolute Gasteiger partial charge is 0.377 e. The lowest BCUT2D eigenvalue weighted by molar-refractivity contribution is 0.0333. The van der Waals surface area contributed by atoms with E-state index in [1.54, 1.807) is 0 Å². The van der Waals surface area contributed by atoms with Crippen LogP contribution in [0, 0.1) is 11.8 Å². The first-order valence-corrected chi connectivity index (χ1v) is 8.61. The molecule has 3 heteroatoms. The molecule has 0 spiro atoms. The second-order valence-corrected chi connectivity index (χ2v) is 7.15. The fourth-order valence-corrected chi connectivity index (χ4v) is 4.24. The van der Waals surface area contributed by atoms with Crippen molar-refractivity contribution in [2.24, 2.45) is 11.8 Å². The van der Waals surface area contributed by atoms with Gasteiger partial charge in [0.2, 0.25) is 0 Å². The summed E-state index contributed by atoms with van der Waals surface area (Å²) in [6.45, 7) is 11.2. The third-order valence-electron chi connectivity index (χ3n) is 5.65. The minimum atomic E-state index is 0.390. The molecule has 1 aliphatic carbocycles. The Bertz CT molecular complexity index is 295. The molecule has 3 nitrogen and oxygen atoms in total. The monoisotopic (exact) mass is 282 g/mol. The zero-order valence-electron chi connectivity index (χ0n) is 14.1. The van der Waals surface area contributed by atoms with Gasteiger partial charge in [0.15, 0.2) is 0 Å². The van der Waals surface area contributed by atoms with Crippen molar-refractivity contribution in [2.45, 2.75) is 77.6 Å². The number of nitrogens with one attached hydrogen (secondary N) is 1. The first kappa shape index (κ1) is 16.3. The van der Waals surface area contributed by atoms with E-state index in [9.17, 15) is 0 Å². The quantitative estimate of drug-likeness (QED) is 0.839. The first-order valence-electron chi connectivity index (χ1n) is 8.61. The van der Waals surface area contributed by atoms with E-state index in [0.717, 1.165) is 25.0 Å². The first-order chi connectivity index (χ1) is 9.54. The molecule has 0 aromatic carbocycles. The van der Waals surface area contributed by atoms with E-state index in [1.165, 1.54) is 25.7 Å². The highest BCUT2D eigenvalue weighted by Crippen LogP contribution is 2.34. The summed E-state index contributed by atoms with van der Waals surface area (Å²) in [6, 6.07) is 1.94. The molecule has 20 heavy (non-hydrogen) atoms. The fourth-order valence-electron chi connectivity index (χ4n) is 4.24. The number of nitrogens with zero attached hydrogens (tertiary/aromatic N) is 1. The molecule has 2 rings (SSSR count). The van der Waals surface area contributed by atoms with Gasteiger partial charge < -0.3 is 10.1 Å². The zero-order chi connectivity index (χ0) is 14.7. The van der Waals surface area contributed by atoms with Crippen molar-refractivity contribution in [1.29, 1.82) is 0 Å². The third-order valence-corrected chi connectivity index (χ3v) is 5.65. The third kappa shape index (κ3) is 3.55. The highest BCUT2D eigenvalue weighted by molar-refractivity contribution is 4.95. The van der Waals surface area contributed by atoms with E-state index in [0.29, 0.717) is 24.2 Å². The molecule has 0 aromatic heterocycles. The smallest absolute Gasteiger partial charge is 0.0703 e. The van der Waals surface area contributed by atoms with Crippen molar-refractivity contribution >= 4 is 0 Å². The van der Waals surface area contributed by atoms with Gasteiger partial charge in [0, 0.05) is 24.7 Å². The predicted octanol–water partition coefficient (Wildman–Crippen LogP) is 2.90. The number of rotatable bonds is 5. The lowest BCUT2D eigenvalue weighted by Crippen LogP contribution is -2.56. The van der Waals surface area contributed by atoms with Gasteiger partial charge in [-0.3, -0.25) is 4.90 Å². The summed E-state index contributed by atoms with van der Waals surface area (Å²) in [5.74, 6) is 1.70. The highest BCUT2D eigenvalue weighted by Gasteiger charge is 2.38. The molecule has 5 unspecified atom stereocenters. The zero-order valence-corrected chi connectivity index (χ0v) is 14.1. The van der Waals surface area contributed by atoms with Crippen molar-refractivity contribution in [3.8, 4) is 0 Å². The van der Waals surface area contributed by atoms with Gasteiger partial charge in [-0.2, -0.15) is 0 Å². The molecule has 0 bridgehead atoms. The van der Waals surface area contributed by atoms with Crippen molar-refractivity contribution in [2.75, 3.05) is 20.2 Å². The summed E-state index contributed by atoms with van der Waals surface area (Å²) in [7, 11) is 2.33. The van der Waals surface area contributed by atoms with E-state index in [4.69, 9.17) is 4.74 Å². The van der Waals surface area contributed by atoms with Crippen LogP contribution in [-0.4, -0.2) is 49.3 Å². The van der Waals surface area contributed by atoms with Crippen LogP contribution in [-0.2, 0) is 4.74 Å². The molecule has 1 aliphatic heterocycles. The Balaban J connectivity index is 2.05. The fraction of sp³-hybridized carbons (Fsp3) is 1.00. The van der Waals surface area contributed by atoms with Gasteiger partial charge in [0.25, 0.3) is 0 Å². The van der Waals surface area contributed by atoms with Gasteiger partial charge in [-0.1, -0.05) is 20.8 Å². The number of hydrogen-bond acceptors (Lipinski definition) is 3. The summed E-state index contributed by atoms with van der Waals surface area (Å²) < 4.78 is 5.78. The molecular formula is C17H34N2O. The van der Waals surface area contributed by atoms with E-state index in [1.807, 2.05) is 0 Å². The Morgan fingerprint density at radius 2 is 1.95 bits per heavy atom. The minimum absolute atomic E-state index is 0.390. The molecule has 0 amide bonds. The summed E-state index contributed by atoms with van der Waals surface area (Å²) in [5, 5.41) is 3.73. The van der Waals surface area contributed by atoms with Crippen molar-refractivity contribution in [3.63, 3.8) is 0 Å². The molecule has 1 saturated heterocycles. The van der Waals surface area contributed by atoms with Crippen LogP contribution in [0.25, 0.3) is 0 Å². The molecule has 1 heterocycles. The molecule has 5 atom stereocenters. The predicted molar refractivity (Wildman–Crippen MR) is 85.0 cm³/mol. The van der Waals surface area contributed by atoms with E-state index < -0.39 is 0 Å². The van der Waals surface area contributed by atoms with Crippen LogP contribution >= 0.6 is 0 Å². The minimum Gasteiger partial charge on any atom is -0.377 e. The summed E-state index contributed by atoms with van der Waals surface area (Å²) >= 11 is 0. The number of ether oxygens (including phenoxy) is 1. The van der Waals surface area contributed by atoms with Gasteiger partial charge in [-0.25, -0.2) is 0 Å². The maximum Gasteiger partial charge on any atom is 0.0703 e. The lowest BCUT2D eigenvalue weighted by Gasteiger charge is -2.45. The molecular weight excluding hydrogens is 248 g/mol. The van der Waals surface area contributed by atoms with Gasteiger partial charge in [-0.15, -0.1) is 0 Å². The lowest BCUT2D eigenvalue weighted by atomic mass is 9.76. The van der Waals surface area contributed by atoms with Crippen molar-refractivity contribution in [3.05, 3.63) is 0 Å². The van der Waals surface area contributed by atoms with Gasteiger partial charge >= 0.3 is 0 Å². The summed E-state index contributed by atoms with van der Waals surface area (Å²) in [4.78, 5) is 2.64. The summed E-state index contributed by atoms with van der Waals surface area (Å²) in [5.41, 5.74) is 0. The normalized spacial score (nSPS) is 38.9. The Kier molecular flexibility index (Phi) is 5.88. The second kappa shape index (κ2) is 7.24. The maximum absolute atomic E-state index is 5.78. The van der Waals surface area contributed by atoms with Gasteiger partial charge in [0.1, 0.15) is 0 Å². The SMILES string of the molecule is CCNC1CCC(C(C)C)CC1N(C)C1CCOC1C. The van der Waals surface area contributed by atoms with Crippen LogP contribution in [0.4, 0.5) is 0 Å².